The van der Waals surface area contributed by atoms with Crippen molar-refractivity contribution in [3.63, 3.8) is 0 Å². The van der Waals surface area contributed by atoms with E-state index in [-0.39, 0.29) is 0 Å². The molecule has 1 aliphatic heterocycles. The molecule has 0 aliphatic carbocycles. The Hall–Kier alpha value is -3.25. The van der Waals surface area contributed by atoms with Gasteiger partial charge in [-0.3, -0.25) is 0 Å². The van der Waals surface area contributed by atoms with Crippen molar-refractivity contribution in [2.75, 3.05) is 25.1 Å². The Kier molecular flexibility index (Phi) is 6.89. The van der Waals surface area contributed by atoms with Gasteiger partial charge in [-0.25, -0.2) is 0 Å². The Balaban J connectivity index is 1.42. The van der Waals surface area contributed by atoms with Gasteiger partial charge < -0.3 is 19.9 Å². The molecular weight excluding hydrogens is 384 g/mol. The van der Waals surface area contributed by atoms with Gasteiger partial charge in [-0.2, -0.15) is 5.26 Å². The molecule has 2 heterocycles. The Bertz CT molecular complexity index is 1120. The summed E-state index contributed by atoms with van der Waals surface area (Å²) in [4.78, 5) is 0. The summed E-state index contributed by atoms with van der Waals surface area (Å²) in [5.74, 6) is 6.54. The summed E-state index contributed by atoms with van der Waals surface area (Å²) < 4.78 is 7.70. The summed E-state index contributed by atoms with van der Waals surface area (Å²) in [6.07, 6.45) is 2.18. The maximum Gasteiger partial charge on any atom is 0.0991 e. The van der Waals surface area contributed by atoms with Crippen LogP contribution in [0, 0.1) is 23.2 Å². The van der Waals surface area contributed by atoms with Crippen LogP contribution in [-0.4, -0.2) is 30.4 Å². The minimum absolute atomic E-state index is 0.551. The third-order valence-corrected chi connectivity index (χ3v) is 5.71. The number of aromatic nitrogens is 1. The summed E-state index contributed by atoms with van der Waals surface area (Å²) in [7, 11) is 0. The lowest BCUT2D eigenvalue weighted by atomic mass is 10.1. The maximum atomic E-state index is 8.88. The lowest BCUT2D eigenvalue weighted by molar-refractivity contribution is 0.0776. The van der Waals surface area contributed by atoms with Crippen molar-refractivity contribution in [1.82, 2.24) is 9.88 Å². The zero-order valence-corrected chi connectivity index (χ0v) is 17.9. The highest BCUT2D eigenvalue weighted by Gasteiger charge is 2.13. The number of aryl methyl sites for hydroxylation is 1. The zero-order chi connectivity index (χ0) is 21.5. The van der Waals surface area contributed by atoms with Crippen molar-refractivity contribution in [2.24, 2.45) is 0 Å². The number of rotatable bonds is 6. The fraction of sp³-hybridized carbons (Fsp3) is 0.346. The predicted octanol–water partition coefficient (Wildman–Crippen LogP) is 4.27. The third-order valence-electron chi connectivity index (χ3n) is 5.71. The van der Waals surface area contributed by atoms with Crippen LogP contribution in [-0.2, 0) is 17.8 Å². The molecule has 1 fully saturated rings. The second kappa shape index (κ2) is 10.2. The molecule has 31 heavy (non-hydrogen) atoms. The molecule has 5 nitrogen and oxygen atoms in total. The minimum Gasteiger partial charge on any atom is -0.381 e. The van der Waals surface area contributed by atoms with Crippen LogP contribution < -0.4 is 10.6 Å². The molecule has 2 N–H and O–H groups in total. The molecule has 4 rings (SSSR count). The first-order valence-electron chi connectivity index (χ1n) is 10.9. The van der Waals surface area contributed by atoms with Crippen LogP contribution in [0.25, 0.3) is 10.9 Å². The lowest BCUT2D eigenvalue weighted by Gasteiger charge is -2.23. The molecule has 1 aromatic heterocycles. The van der Waals surface area contributed by atoms with E-state index in [0.717, 1.165) is 50.5 Å². The number of fused-ring (bicyclic) bond motifs is 1. The number of benzene rings is 2. The number of anilines is 1. The molecule has 0 radical (unpaired) electrons. The van der Waals surface area contributed by atoms with Crippen LogP contribution in [0.5, 0.6) is 0 Å². The fourth-order valence-electron chi connectivity index (χ4n) is 3.98. The van der Waals surface area contributed by atoms with E-state index in [2.05, 4.69) is 64.3 Å². The highest BCUT2D eigenvalue weighted by atomic mass is 16.5. The standard InChI is InChI=1S/C26H28N4O/c1-2-30-25(4-3-13-28-23-8-5-20(18-27)6-9-23)17-22-16-21(7-10-26(22)30)19-29-24-11-14-31-15-12-24/h5-10,16-17,24,28-29H,2,11-15,19H2,1H3. The lowest BCUT2D eigenvalue weighted by Crippen LogP contribution is -2.34. The molecule has 0 amide bonds. The molecule has 1 aliphatic rings. The Morgan fingerprint density at radius 3 is 2.65 bits per heavy atom. The van der Waals surface area contributed by atoms with E-state index in [9.17, 15) is 0 Å². The van der Waals surface area contributed by atoms with Crippen molar-refractivity contribution in [2.45, 2.75) is 38.9 Å². The monoisotopic (exact) mass is 412 g/mol. The highest BCUT2D eigenvalue weighted by molar-refractivity contribution is 5.83. The number of nitrogens with zero attached hydrogens (tertiary/aromatic N) is 2. The molecule has 0 spiro atoms. The molecule has 3 aromatic rings. The molecular formula is C26H28N4O. The van der Waals surface area contributed by atoms with Crippen molar-refractivity contribution >= 4 is 16.6 Å². The first kappa shape index (κ1) is 21.0. The van der Waals surface area contributed by atoms with Crippen molar-refractivity contribution in [3.05, 3.63) is 65.4 Å². The van der Waals surface area contributed by atoms with Gasteiger partial charge >= 0.3 is 0 Å². The number of hydrogen-bond acceptors (Lipinski definition) is 4. The van der Waals surface area contributed by atoms with Crippen LogP contribution in [0.15, 0.2) is 48.5 Å². The SMILES string of the molecule is CCn1c(C#CCNc2ccc(C#N)cc2)cc2cc(CNC3CCOCC3)ccc21. The summed E-state index contributed by atoms with van der Waals surface area (Å²) in [6.45, 7) is 6.19. The molecule has 5 heteroatoms. The van der Waals surface area contributed by atoms with Gasteiger partial charge in [0.1, 0.15) is 0 Å². The van der Waals surface area contributed by atoms with Crippen LogP contribution in [0.1, 0.15) is 36.6 Å². The van der Waals surface area contributed by atoms with Gasteiger partial charge in [0.15, 0.2) is 0 Å². The maximum absolute atomic E-state index is 8.88. The zero-order valence-electron chi connectivity index (χ0n) is 17.9. The van der Waals surface area contributed by atoms with Gasteiger partial charge in [0.2, 0.25) is 0 Å². The van der Waals surface area contributed by atoms with Crippen LogP contribution in [0.4, 0.5) is 5.69 Å². The van der Waals surface area contributed by atoms with Gasteiger partial charge in [-0.15, -0.1) is 0 Å². The fourth-order valence-corrected chi connectivity index (χ4v) is 3.98. The first-order valence-corrected chi connectivity index (χ1v) is 10.9. The minimum atomic E-state index is 0.551. The summed E-state index contributed by atoms with van der Waals surface area (Å²) in [5.41, 5.74) is 5.18. The molecule has 0 bridgehead atoms. The number of ether oxygens (including phenoxy) is 1. The van der Waals surface area contributed by atoms with Crippen LogP contribution in [0.3, 0.4) is 0 Å². The summed E-state index contributed by atoms with van der Waals surface area (Å²) in [6, 6.07) is 19.0. The average molecular weight is 413 g/mol. The van der Waals surface area contributed by atoms with E-state index < -0.39 is 0 Å². The molecule has 158 valence electrons. The van der Waals surface area contributed by atoms with Gasteiger partial charge in [0.25, 0.3) is 0 Å². The topological polar surface area (TPSA) is 62.0 Å². The van der Waals surface area contributed by atoms with Gasteiger partial charge in [0, 0.05) is 48.9 Å². The second-order valence-corrected chi connectivity index (χ2v) is 7.78. The Morgan fingerprint density at radius 1 is 1.10 bits per heavy atom. The predicted molar refractivity (Wildman–Crippen MR) is 125 cm³/mol. The highest BCUT2D eigenvalue weighted by Crippen LogP contribution is 2.21. The van der Waals surface area contributed by atoms with Gasteiger partial charge in [0.05, 0.1) is 23.9 Å². The molecule has 0 saturated carbocycles. The van der Waals surface area contributed by atoms with E-state index in [1.807, 2.05) is 12.1 Å². The number of nitriles is 1. The van der Waals surface area contributed by atoms with E-state index in [0.29, 0.717) is 18.2 Å². The Morgan fingerprint density at radius 2 is 1.90 bits per heavy atom. The molecule has 1 saturated heterocycles. The first-order chi connectivity index (χ1) is 15.3. The molecule has 0 unspecified atom stereocenters. The number of nitrogens with one attached hydrogen (secondary N) is 2. The van der Waals surface area contributed by atoms with E-state index in [1.165, 1.54) is 16.5 Å². The second-order valence-electron chi connectivity index (χ2n) is 7.78. The van der Waals surface area contributed by atoms with Crippen LogP contribution >= 0.6 is 0 Å². The van der Waals surface area contributed by atoms with Crippen molar-refractivity contribution in [3.8, 4) is 17.9 Å². The van der Waals surface area contributed by atoms with E-state index in [1.54, 1.807) is 12.1 Å². The summed E-state index contributed by atoms with van der Waals surface area (Å²) >= 11 is 0. The van der Waals surface area contributed by atoms with E-state index >= 15 is 0 Å². The van der Waals surface area contributed by atoms with E-state index in [4.69, 9.17) is 10.00 Å². The number of hydrogen-bond donors (Lipinski definition) is 2. The quantitative estimate of drug-likeness (QED) is 0.594. The third kappa shape index (κ3) is 5.27. The average Bonchev–Trinajstić information content (AvgIpc) is 3.18. The normalized spacial score (nSPS) is 14.1. The molecule has 2 aromatic carbocycles. The smallest absolute Gasteiger partial charge is 0.0991 e. The molecule has 0 atom stereocenters. The van der Waals surface area contributed by atoms with Crippen LogP contribution in [0.2, 0.25) is 0 Å². The van der Waals surface area contributed by atoms with Crippen molar-refractivity contribution < 1.29 is 4.74 Å². The van der Waals surface area contributed by atoms with Gasteiger partial charge in [-0.05, 0) is 73.7 Å². The van der Waals surface area contributed by atoms with Gasteiger partial charge in [-0.1, -0.05) is 12.0 Å². The van der Waals surface area contributed by atoms with Crippen molar-refractivity contribution in [1.29, 1.82) is 5.26 Å². The largest absolute Gasteiger partial charge is 0.381 e. The summed E-state index contributed by atoms with van der Waals surface area (Å²) in [5, 5.41) is 17.1. The Labute approximate surface area is 184 Å².